The van der Waals surface area contributed by atoms with Crippen molar-refractivity contribution in [2.24, 2.45) is 0 Å². The molecule has 0 aliphatic carbocycles. The van der Waals surface area contributed by atoms with Crippen LogP contribution in [0, 0.1) is 0 Å². The van der Waals surface area contributed by atoms with Gasteiger partial charge < -0.3 is 9.72 Å². The van der Waals surface area contributed by atoms with E-state index in [9.17, 15) is 39.6 Å². The Morgan fingerprint density at radius 3 is 2.21 bits per heavy atom. The standard InChI is InChI=1S/C20H17F6N3O3S/c1-18(2,33(31,32)14-5-3-4-12(8-14)19(21,22)23)11-27-17(30)15-10-29-7-6-13(20(24,25)26)9-16(29)28-15/h3-10H,11H2,1-2H3,(H,27,30). The summed E-state index contributed by atoms with van der Waals surface area (Å²) in [5, 5.41) is 2.33. The second kappa shape index (κ2) is 8.04. The molecule has 0 aliphatic rings. The highest BCUT2D eigenvalue weighted by molar-refractivity contribution is 7.92. The number of benzene rings is 1. The highest BCUT2D eigenvalue weighted by Crippen LogP contribution is 2.33. The lowest BCUT2D eigenvalue weighted by Gasteiger charge is -2.25. The second-order valence-electron chi connectivity index (χ2n) is 7.78. The van der Waals surface area contributed by atoms with Crippen LogP contribution in [0.25, 0.3) is 5.65 Å². The second-order valence-corrected chi connectivity index (χ2v) is 10.4. The quantitative estimate of drug-likeness (QED) is 0.536. The average Bonchev–Trinajstić information content (AvgIpc) is 3.14. The van der Waals surface area contributed by atoms with Crippen LogP contribution in [0.3, 0.4) is 0 Å². The fourth-order valence-corrected chi connectivity index (χ4v) is 4.35. The molecule has 1 N–H and O–H groups in total. The van der Waals surface area contributed by atoms with Gasteiger partial charge in [-0.3, -0.25) is 4.79 Å². The van der Waals surface area contributed by atoms with Crippen LogP contribution in [0.2, 0.25) is 0 Å². The lowest BCUT2D eigenvalue weighted by Crippen LogP contribution is -2.44. The molecule has 0 atom stereocenters. The Morgan fingerprint density at radius 2 is 1.61 bits per heavy atom. The molecule has 3 rings (SSSR count). The SMILES string of the molecule is CC(C)(CNC(=O)c1cn2ccc(C(F)(F)F)cc2n1)S(=O)(=O)c1cccc(C(F)(F)F)c1. The number of nitrogens with zero attached hydrogens (tertiary/aromatic N) is 2. The van der Waals surface area contributed by atoms with E-state index in [2.05, 4.69) is 10.3 Å². The normalized spacial score (nSPS) is 13.3. The Morgan fingerprint density at radius 1 is 1.00 bits per heavy atom. The van der Waals surface area contributed by atoms with Gasteiger partial charge in [-0.15, -0.1) is 0 Å². The van der Waals surface area contributed by atoms with Crippen LogP contribution < -0.4 is 5.32 Å². The van der Waals surface area contributed by atoms with Crippen molar-refractivity contribution in [3.63, 3.8) is 0 Å². The van der Waals surface area contributed by atoms with Crippen molar-refractivity contribution < 1.29 is 39.6 Å². The molecule has 0 unspecified atom stereocenters. The number of hydrogen-bond donors (Lipinski definition) is 1. The third kappa shape index (κ3) is 4.97. The number of carbonyl (C=O) groups excluding carboxylic acids is 1. The minimum atomic E-state index is -4.74. The first-order chi connectivity index (χ1) is 15.0. The zero-order chi connectivity index (χ0) is 24.8. The molecule has 1 amide bonds. The van der Waals surface area contributed by atoms with Crippen molar-refractivity contribution >= 4 is 21.4 Å². The summed E-state index contributed by atoms with van der Waals surface area (Å²) < 4.78 is 103. The molecule has 0 radical (unpaired) electrons. The number of halogens is 6. The molecular formula is C20H17F6N3O3S. The highest BCUT2D eigenvalue weighted by atomic mass is 32.2. The van der Waals surface area contributed by atoms with Crippen molar-refractivity contribution in [3.8, 4) is 0 Å². The monoisotopic (exact) mass is 493 g/mol. The first kappa shape index (κ1) is 24.6. The molecule has 6 nitrogen and oxygen atoms in total. The van der Waals surface area contributed by atoms with Crippen molar-refractivity contribution in [2.75, 3.05) is 6.54 Å². The summed E-state index contributed by atoms with van der Waals surface area (Å²) in [7, 11) is -4.31. The minimum absolute atomic E-state index is 0.147. The van der Waals surface area contributed by atoms with Crippen LogP contribution in [0.15, 0.2) is 53.7 Å². The van der Waals surface area contributed by atoms with Gasteiger partial charge in [-0.2, -0.15) is 26.3 Å². The van der Waals surface area contributed by atoms with Crippen LogP contribution in [0.5, 0.6) is 0 Å². The number of imidazole rings is 1. The maximum absolute atomic E-state index is 12.9. The molecule has 0 saturated heterocycles. The summed E-state index contributed by atoms with van der Waals surface area (Å²) in [5.41, 5.74) is -2.50. The third-order valence-corrected chi connectivity index (χ3v) is 7.37. The largest absolute Gasteiger partial charge is 0.416 e. The summed E-state index contributed by atoms with van der Waals surface area (Å²) >= 11 is 0. The van der Waals surface area contributed by atoms with Crippen molar-refractivity contribution in [1.29, 1.82) is 0 Å². The van der Waals surface area contributed by atoms with E-state index in [-0.39, 0.29) is 11.3 Å². The summed E-state index contributed by atoms with van der Waals surface area (Å²) in [5.74, 6) is -0.862. The number of nitrogens with one attached hydrogen (secondary N) is 1. The van der Waals surface area contributed by atoms with Crippen molar-refractivity contribution in [3.05, 3.63) is 65.6 Å². The third-order valence-electron chi connectivity index (χ3n) is 4.89. The molecular weight excluding hydrogens is 476 g/mol. The molecule has 2 heterocycles. The van der Waals surface area contributed by atoms with Gasteiger partial charge in [0.25, 0.3) is 5.91 Å². The van der Waals surface area contributed by atoms with Gasteiger partial charge in [-0.25, -0.2) is 13.4 Å². The molecule has 33 heavy (non-hydrogen) atoms. The van der Waals surface area contributed by atoms with Crippen LogP contribution in [-0.4, -0.2) is 35.0 Å². The topological polar surface area (TPSA) is 80.5 Å². The van der Waals surface area contributed by atoms with Gasteiger partial charge in [0.1, 0.15) is 11.3 Å². The first-order valence-electron chi connectivity index (χ1n) is 9.28. The molecule has 178 valence electrons. The van der Waals surface area contributed by atoms with Crippen LogP contribution >= 0.6 is 0 Å². The lowest BCUT2D eigenvalue weighted by atomic mass is 10.2. The Bertz CT molecular complexity index is 1310. The van der Waals surface area contributed by atoms with Gasteiger partial charge in [0.05, 0.1) is 20.8 Å². The van der Waals surface area contributed by atoms with E-state index in [4.69, 9.17) is 0 Å². The molecule has 1 aromatic carbocycles. The molecule has 0 saturated carbocycles. The molecule has 0 fully saturated rings. The number of carbonyl (C=O) groups is 1. The summed E-state index contributed by atoms with van der Waals surface area (Å²) in [6, 6.07) is 4.80. The Hall–Kier alpha value is -3.09. The zero-order valence-electron chi connectivity index (χ0n) is 17.1. The van der Waals surface area contributed by atoms with E-state index in [0.717, 1.165) is 36.5 Å². The van der Waals surface area contributed by atoms with Gasteiger partial charge in [0.2, 0.25) is 0 Å². The van der Waals surface area contributed by atoms with Gasteiger partial charge in [0, 0.05) is 18.9 Å². The van der Waals surface area contributed by atoms with Crippen LogP contribution in [0.1, 0.15) is 35.5 Å². The fraction of sp³-hybridized carbons (Fsp3) is 0.300. The molecule has 3 aromatic rings. The number of fused-ring (bicyclic) bond motifs is 1. The van der Waals surface area contributed by atoms with E-state index in [1.165, 1.54) is 24.4 Å². The number of aromatic nitrogens is 2. The Kier molecular flexibility index (Phi) is 5.98. The lowest BCUT2D eigenvalue weighted by molar-refractivity contribution is -0.138. The molecule has 13 heteroatoms. The van der Waals surface area contributed by atoms with Crippen molar-refractivity contribution in [2.45, 2.75) is 35.8 Å². The minimum Gasteiger partial charge on any atom is -0.349 e. The van der Waals surface area contributed by atoms with E-state index >= 15 is 0 Å². The summed E-state index contributed by atoms with van der Waals surface area (Å²) in [6.45, 7) is 1.95. The highest BCUT2D eigenvalue weighted by Gasteiger charge is 2.38. The zero-order valence-corrected chi connectivity index (χ0v) is 17.9. The van der Waals surface area contributed by atoms with Gasteiger partial charge in [-0.05, 0) is 44.2 Å². The number of alkyl halides is 6. The molecule has 0 spiro atoms. The predicted octanol–water partition coefficient (Wildman–Crippen LogP) is 4.35. The van der Waals surface area contributed by atoms with Gasteiger partial charge >= 0.3 is 12.4 Å². The van der Waals surface area contributed by atoms with E-state index < -0.39 is 55.4 Å². The van der Waals surface area contributed by atoms with Gasteiger partial charge in [-0.1, -0.05) is 6.07 Å². The number of rotatable bonds is 5. The van der Waals surface area contributed by atoms with E-state index in [1.807, 2.05) is 0 Å². The Balaban J connectivity index is 1.80. The maximum Gasteiger partial charge on any atom is 0.416 e. The number of hydrogen-bond acceptors (Lipinski definition) is 4. The van der Waals surface area contributed by atoms with Crippen LogP contribution in [-0.2, 0) is 22.2 Å². The molecule has 0 bridgehead atoms. The summed E-state index contributed by atoms with van der Waals surface area (Å²) in [6.07, 6.45) is -7.10. The van der Waals surface area contributed by atoms with Crippen molar-refractivity contribution in [1.82, 2.24) is 14.7 Å². The first-order valence-corrected chi connectivity index (χ1v) is 10.8. The average molecular weight is 493 g/mol. The van der Waals surface area contributed by atoms with Crippen LogP contribution in [0.4, 0.5) is 26.3 Å². The maximum atomic E-state index is 12.9. The number of pyridine rings is 1. The summed E-state index contributed by atoms with van der Waals surface area (Å²) in [4.78, 5) is 15.7. The smallest absolute Gasteiger partial charge is 0.349 e. The fourth-order valence-electron chi connectivity index (χ4n) is 2.90. The Labute approximate surface area is 184 Å². The van der Waals surface area contributed by atoms with Gasteiger partial charge in [0.15, 0.2) is 9.84 Å². The molecule has 2 aromatic heterocycles. The number of amides is 1. The van der Waals surface area contributed by atoms with E-state index in [1.54, 1.807) is 0 Å². The number of sulfone groups is 1. The van der Waals surface area contributed by atoms with E-state index in [0.29, 0.717) is 6.07 Å². The predicted molar refractivity (Wildman–Crippen MR) is 105 cm³/mol. The molecule has 0 aliphatic heterocycles.